The van der Waals surface area contributed by atoms with E-state index in [1.54, 1.807) is 11.8 Å². The highest BCUT2D eigenvalue weighted by atomic mass is 32.3. The quantitative estimate of drug-likeness (QED) is 0.0867. The third kappa shape index (κ3) is 7.72. The Hall–Kier alpha value is -2.95. The third-order valence-electron chi connectivity index (χ3n) is 9.04. The minimum Gasteiger partial charge on any atom is -0.480 e. The predicted molar refractivity (Wildman–Crippen MR) is 189 cm³/mol. The zero-order valence-corrected chi connectivity index (χ0v) is 28.2. The van der Waals surface area contributed by atoms with Crippen molar-refractivity contribution in [3.63, 3.8) is 0 Å². The molecule has 0 spiro atoms. The summed E-state index contributed by atoms with van der Waals surface area (Å²) >= 11 is 1.59. The number of thioether (sulfide) groups is 1. The van der Waals surface area contributed by atoms with E-state index < -0.39 is 22.6 Å². The number of fused-ring (bicyclic) bond motifs is 2. The number of aromatic amines is 1. The van der Waals surface area contributed by atoms with E-state index >= 15 is 0 Å². The number of aromatic nitrogens is 1. The lowest BCUT2D eigenvalue weighted by molar-refractivity contribution is -0.139. The molecule has 0 fully saturated rings. The molecule has 5 rings (SSSR count). The molecule has 1 unspecified atom stereocenters. The van der Waals surface area contributed by atoms with E-state index in [2.05, 4.69) is 47.2 Å². The summed E-state index contributed by atoms with van der Waals surface area (Å²) in [6.45, 7) is 5.40. The van der Waals surface area contributed by atoms with Gasteiger partial charge in [0.25, 0.3) is 0 Å². The van der Waals surface area contributed by atoms with Gasteiger partial charge in [-0.05, 0) is 66.4 Å². The smallest absolute Gasteiger partial charge is 0.321 e. The summed E-state index contributed by atoms with van der Waals surface area (Å²) in [5, 5.41) is 14.4. The van der Waals surface area contributed by atoms with Crippen LogP contribution in [0.5, 0.6) is 0 Å². The molecule has 0 bridgehead atoms. The summed E-state index contributed by atoms with van der Waals surface area (Å²) in [4.78, 5) is 19.5. The van der Waals surface area contributed by atoms with Crippen LogP contribution in [0.25, 0.3) is 10.9 Å². The van der Waals surface area contributed by atoms with Gasteiger partial charge >= 0.3 is 5.97 Å². The lowest BCUT2D eigenvalue weighted by Gasteiger charge is -2.42. The number of carbonyl (C=O) groups is 1. The van der Waals surface area contributed by atoms with E-state index in [-0.39, 0.29) is 12.0 Å². The first-order valence-electron chi connectivity index (χ1n) is 16.0. The average molecular weight is 650 g/mol. The maximum atomic E-state index is 12.4. The van der Waals surface area contributed by atoms with E-state index in [4.69, 9.17) is 0 Å². The van der Waals surface area contributed by atoms with Crippen molar-refractivity contribution in [2.24, 2.45) is 5.41 Å². The Kier molecular flexibility index (Phi) is 10.9. The van der Waals surface area contributed by atoms with Crippen molar-refractivity contribution in [3.8, 4) is 0 Å². The number of para-hydroxylation sites is 2. The summed E-state index contributed by atoms with van der Waals surface area (Å²) < 4.78 is 24.0. The maximum absolute atomic E-state index is 12.4. The van der Waals surface area contributed by atoms with E-state index in [0.717, 1.165) is 83.5 Å². The van der Waals surface area contributed by atoms with E-state index in [1.807, 2.05) is 60.9 Å². The standard InChI is InChI=1S/C36H47N3O4S2/c1-4-6-17-36(18-7-5-2)24-39(29-14-9-8-10-15-29)32-22-33(44-3)27(20-34(32)45(42,43)25-36)23-37-31(35(40)41)21-28-19-26-13-11-12-16-30(26)38-28/h8-16,19-20,22,31,37-38,42-43H,4-7,17-18,21,23-25H2,1-3H3,(H,40,41). The number of rotatable bonds is 14. The van der Waals surface area contributed by atoms with Crippen molar-refractivity contribution in [1.29, 1.82) is 0 Å². The fourth-order valence-corrected chi connectivity index (χ4v) is 9.52. The Balaban J connectivity index is 1.51. The first-order valence-corrected chi connectivity index (χ1v) is 18.9. The number of aliphatic carboxylic acids is 1. The second-order valence-corrected chi connectivity index (χ2v) is 15.3. The summed E-state index contributed by atoms with van der Waals surface area (Å²) in [5.74, 6) is -0.592. The van der Waals surface area contributed by atoms with Crippen LogP contribution in [0, 0.1) is 5.41 Å². The van der Waals surface area contributed by atoms with Crippen LogP contribution in [-0.2, 0) is 17.8 Å². The fourth-order valence-electron chi connectivity index (χ4n) is 6.68. The minimum absolute atomic E-state index is 0.244. The number of unbranched alkanes of at least 4 members (excludes halogenated alkanes) is 2. The predicted octanol–water partition coefficient (Wildman–Crippen LogP) is 9.30. The molecule has 0 saturated carbocycles. The minimum atomic E-state index is -3.15. The largest absolute Gasteiger partial charge is 0.480 e. The van der Waals surface area contributed by atoms with Crippen molar-refractivity contribution in [3.05, 3.63) is 84.1 Å². The Labute approximate surface area is 273 Å². The average Bonchev–Trinajstić information content (AvgIpc) is 3.42. The number of benzene rings is 3. The fraction of sp³-hybridized carbons (Fsp3) is 0.417. The zero-order chi connectivity index (χ0) is 32.0. The molecular weight excluding hydrogens is 603 g/mol. The van der Waals surface area contributed by atoms with Gasteiger partial charge in [0, 0.05) is 52.5 Å². The summed E-state index contributed by atoms with van der Waals surface area (Å²) in [6, 6.07) is 23.4. The molecule has 242 valence electrons. The van der Waals surface area contributed by atoms with Crippen LogP contribution >= 0.6 is 22.4 Å². The highest BCUT2D eigenvalue weighted by Gasteiger charge is 2.42. The highest BCUT2D eigenvalue weighted by Crippen LogP contribution is 2.61. The second-order valence-electron chi connectivity index (χ2n) is 12.4. The van der Waals surface area contributed by atoms with Crippen molar-refractivity contribution in [2.45, 2.75) is 81.2 Å². The molecule has 0 aliphatic carbocycles. The van der Waals surface area contributed by atoms with Crippen LogP contribution in [0.15, 0.2) is 82.6 Å². The SMILES string of the molecule is CCCCC1(CCCC)CN(c2ccccc2)c2cc(SC)c(CNC(Cc3cc4ccccc4[nH]3)C(=O)O)cc2S(O)(O)C1. The molecule has 5 N–H and O–H groups in total. The Morgan fingerprint density at radius 2 is 1.71 bits per heavy atom. The molecule has 0 amide bonds. The highest BCUT2D eigenvalue weighted by molar-refractivity contribution is 8.24. The topological polar surface area (TPSA) is 109 Å². The molecule has 0 radical (unpaired) electrons. The van der Waals surface area contributed by atoms with Crippen LogP contribution in [0.2, 0.25) is 0 Å². The first kappa shape index (κ1) is 33.4. The molecular formula is C36H47N3O4S2. The van der Waals surface area contributed by atoms with E-state index in [1.165, 1.54) is 0 Å². The van der Waals surface area contributed by atoms with Gasteiger partial charge in [0.1, 0.15) is 6.04 Å². The molecule has 0 saturated heterocycles. The van der Waals surface area contributed by atoms with Crippen molar-refractivity contribution >= 4 is 50.6 Å². The molecule has 4 aromatic rings. The van der Waals surface area contributed by atoms with Gasteiger partial charge in [-0.2, -0.15) is 10.6 Å². The molecule has 1 atom stereocenters. The number of nitrogens with zero attached hydrogens (tertiary/aromatic N) is 1. The van der Waals surface area contributed by atoms with Crippen molar-refractivity contribution in [2.75, 3.05) is 23.5 Å². The van der Waals surface area contributed by atoms with Gasteiger partial charge < -0.3 is 15.0 Å². The van der Waals surface area contributed by atoms with Crippen LogP contribution < -0.4 is 10.2 Å². The number of H-pyrrole nitrogens is 1. The lowest BCUT2D eigenvalue weighted by atomic mass is 9.79. The second kappa shape index (κ2) is 14.6. The number of carboxylic acids is 1. The third-order valence-corrected chi connectivity index (χ3v) is 11.9. The molecule has 9 heteroatoms. The summed E-state index contributed by atoms with van der Waals surface area (Å²) in [7, 11) is -3.15. The van der Waals surface area contributed by atoms with Gasteiger partial charge in [0.05, 0.1) is 10.6 Å². The first-order chi connectivity index (χ1) is 21.7. The lowest BCUT2D eigenvalue weighted by Crippen LogP contribution is -2.38. The number of anilines is 2. The van der Waals surface area contributed by atoms with Crippen LogP contribution in [0.3, 0.4) is 0 Å². The van der Waals surface area contributed by atoms with Gasteiger partial charge in [-0.1, -0.05) is 75.9 Å². The van der Waals surface area contributed by atoms with E-state index in [0.29, 0.717) is 17.1 Å². The molecule has 1 aliphatic rings. The van der Waals surface area contributed by atoms with Crippen LogP contribution in [0.1, 0.15) is 63.6 Å². The van der Waals surface area contributed by atoms with Crippen LogP contribution in [0.4, 0.5) is 11.4 Å². The van der Waals surface area contributed by atoms with Gasteiger partial charge in [0.2, 0.25) is 0 Å². The Bertz CT molecular complexity index is 1550. The van der Waals surface area contributed by atoms with Crippen LogP contribution in [-0.4, -0.2) is 49.8 Å². The number of hydrogen-bond acceptors (Lipinski definition) is 6. The molecule has 7 nitrogen and oxygen atoms in total. The van der Waals surface area contributed by atoms with Gasteiger partial charge in [0.15, 0.2) is 0 Å². The van der Waals surface area contributed by atoms with Gasteiger partial charge in [-0.15, -0.1) is 11.8 Å². The van der Waals surface area contributed by atoms with Gasteiger partial charge in [-0.25, -0.2) is 0 Å². The number of nitrogens with one attached hydrogen (secondary N) is 2. The molecule has 3 aromatic carbocycles. The summed E-state index contributed by atoms with van der Waals surface area (Å²) in [6.07, 6.45) is 8.38. The van der Waals surface area contributed by atoms with Crippen molar-refractivity contribution in [1.82, 2.24) is 10.3 Å². The monoisotopic (exact) mass is 649 g/mol. The molecule has 2 heterocycles. The van der Waals surface area contributed by atoms with E-state index in [9.17, 15) is 19.0 Å². The molecule has 1 aliphatic heterocycles. The zero-order valence-electron chi connectivity index (χ0n) is 26.6. The maximum Gasteiger partial charge on any atom is 0.321 e. The normalized spacial score (nSPS) is 17.0. The van der Waals surface area contributed by atoms with Gasteiger partial charge in [-0.3, -0.25) is 19.2 Å². The Morgan fingerprint density at radius 3 is 2.36 bits per heavy atom. The molecule has 45 heavy (non-hydrogen) atoms. The van der Waals surface area contributed by atoms with Crippen molar-refractivity contribution < 1.29 is 19.0 Å². The number of hydrogen-bond donors (Lipinski definition) is 5. The summed E-state index contributed by atoms with van der Waals surface area (Å²) in [5.41, 5.74) is 4.32. The molecule has 1 aromatic heterocycles. The Morgan fingerprint density at radius 1 is 1.02 bits per heavy atom. The number of carboxylic acid groups (broad SMARTS) is 1.